The number of aromatic nitrogens is 3. The molecule has 0 aliphatic heterocycles. The van der Waals surface area contributed by atoms with Gasteiger partial charge in [-0.3, -0.25) is 9.59 Å². The van der Waals surface area contributed by atoms with Crippen LogP contribution in [0.4, 0.5) is 5.00 Å². The molecule has 10 heteroatoms. The van der Waals surface area contributed by atoms with Gasteiger partial charge in [0.15, 0.2) is 11.4 Å². The zero-order valence-corrected chi connectivity index (χ0v) is 18.8. The van der Waals surface area contributed by atoms with Gasteiger partial charge in [-0.15, -0.1) is 11.3 Å². The van der Waals surface area contributed by atoms with Crippen LogP contribution in [0.1, 0.15) is 58.0 Å². The summed E-state index contributed by atoms with van der Waals surface area (Å²) in [6.45, 7) is 3.78. The number of carbonyl (C=O) groups is 2. The van der Waals surface area contributed by atoms with Gasteiger partial charge in [0.25, 0.3) is 11.5 Å². The minimum Gasteiger partial charge on any atom is -0.461 e. The first kappa shape index (κ1) is 21.1. The van der Waals surface area contributed by atoms with E-state index in [1.807, 2.05) is 19.1 Å². The number of anilines is 1. The molecule has 0 spiro atoms. The Balaban J connectivity index is 1.60. The Morgan fingerprint density at radius 2 is 2.03 bits per heavy atom. The van der Waals surface area contributed by atoms with E-state index in [0.29, 0.717) is 27.8 Å². The van der Waals surface area contributed by atoms with Gasteiger partial charge in [0.1, 0.15) is 10.8 Å². The van der Waals surface area contributed by atoms with Crippen LogP contribution in [0, 0.1) is 6.92 Å². The van der Waals surface area contributed by atoms with E-state index in [0.717, 1.165) is 34.4 Å². The molecule has 1 amide bonds. The van der Waals surface area contributed by atoms with Gasteiger partial charge in [-0.05, 0) is 38.8 Å². The van der Waals surface area contributed by atoms with Crippen molar-refractivity contribution in [2.75, 3.05) is 11.9 Å². The van der Waals surface area contributed by atoms with Crippen LogP contribution in [0.3, 0.4) is 0 Å². The van der Waals surface area contributed by atoms with Crippen LogP contribution in [0.15, 0.2) is 45.0 Å². The zero-order valence-electron chi connectivity index (χ0n) is 18.0. The summed E-state index contributed by atoms with van der Waals surface area (Å²) >= 11 is 1.13. The molecule has 0 unspecified atom stereocenters. The lowest BCUT2D eigenvalue weighted by atomic mass is 10.2. The number of benzene rings is 1. The molecule has 33 heavy (non-hydrogen) atoms. The number of esters is 1. The number of thiophene rings is 1. The van der Waals surface area contributed by atoms with Crippen molar-refractivity contribution < 1.29 is 18.8 Å². The maximum atomic E-state index is 13.4. The highest BCUT2D eigenvalue weighted by atomic mass is 32.1. The summed E-state index contributed by atoms with van der Waals surface area (Å²) in [6, 6.07) is 8.79. The van der Waals surface area contributed by atoms with Crippen LogP contribution in [-0.4, -0.2) is 33.4 Å². The quantitative estimate of drug-likeness (QED) is 0.428. The molecule has 3 aromatic heterocycles. The van der Waals surface area contributed by atoms with Gasteiger partial charge in [-0.2, -0.15) is 9.78 Å². The highest BCUT2D eigenvalue weighted by Crippen LogP contribution is 2.40. The first-order valence-corrected chi connectivity index (χ1v) is 11.4. The van der Waals surface area contributed by atoms with Crippen molar-refractivity contribution in [3.8, 4) is 5.69 Å². The molecule has 3 heterocycles. The SMILES string of the molecule is CCOC(=O)c1nn(-c2ccc(C)cc2)c(=O)c2c(NC(=O)c3cc(C4CC4)on3)scc12. The number of carbonyl (C=O) groups excluding carboxylic acids is 2. The number of rotatable bonds is 6. The maximum absolute atomic E-state index is 13.4. The molecule has 1 saturated carbocycles. The maximum Gasteiger partial charge on any atom is 0.359 e. The Kier molecular flexibility index (Phi) is 5.29. The Hall–Kier alpha value is -3.79. The summed E-state index contributed by atoms with van der Waals surface area (Å²) in [6.07, 6.45) is 2.04. The van der Waals surface area contributed by atoms with Crippen LogP contribution in [0.2, 0.25) is 0 Å². The number of nitrogens with zero attached hydrogens (tertiary/aromatic N) is 3. The molecular weight excluding hydrogens is 444 g/mol. The van der Waals surface area contributed by atoms with E-state index >= 15 is 0 Å². The molecule has 1 aliphatic carbocycles. The molecule has 1 aromatic carbocycles. The average Bonchev–Trinajstić information content (AvgIpc) is 3.37. The highest BCUT2D eigenvalue weighted by Gasteiger charge is 2.29. The smallest absolute Gasteiger partial charge is 0.359 e. The highest BCUT2D eigenvalue weighted by molar-refractivity contribution is 7.16. The van der Waals surface area contributed by atoms with Crippen molar-refractivity contribution in [2.24, 2.45) is 0 Å². The van der Waals surface area contributed by atoms with Gasteiger partial charge >= 0.3 is 5.97 Å². The average molecular weight is 465 g/mol. The van der Waals surface area contributed by atoms with Gasteiger partial charge < -0.3 is 14.6 Å². The molecule has 0 bridgehead atoms. The Morgan fingerprint density at radius 1 is 1.27 bits per heavy atom. The fourth-order valence-corrected chi connectivity index (χ4v) is 4.41. The molecule has 1 N–H and O–H groups in total. The second-order valence-electron chi connectivity index (χ2n) is 7.82. The minimum atomic E-state index is -0.649. The van der Waals surface area contributed by atoms with Crippen molar-refractivity contribution in [1.82, 2.24) is 14.9 Å². The van der Waals surface area contributed by atoms with E-state index in [1.165, 1.54) is 0 Å². The van der Waals surface area contributed by atoms with E-state index in [2.05, 4.69) is 15.6 Å². The third-order valence-electron chi connectivity index (χ3n) is 5.37. The summed E-state index contributed by atoms with van der Waals surface area (Å²) < 4.78 is 11.6. The topological polar surface area (TPSA) is 116 Å². The fourth-order valence-electron chi connectivity index (χ4n) is 3.48. The summed E-state index contributed by atoms with van der Waals surface area (Å²) in [5, 5.41) is 13.3. The Bertz CT molecular complexity index is 1430. The van der Waals surface area contributed by atoms with E-state index in [-0.39, 0.29) is 23.4 Å². The molecule has 1 aliphatic rings. The number of aryl methyl sites for hydroxylation is 1. The summed E-state index contributed by atoms with van der Waals surface area (Å²) in [5.74, 6) is -0.136. The van der Waals surface area contributed by atoms with Crippen molar-refractivity contribution in [2.45, 2.75) is 32.6 Å². The van der Waals surface area contributed by atoms with Crippen LogP contribution < -0.4 is 10.9 Å². The number of hydrogen-bond acceptors (Lipinski definition) is 8. The monoisotopic (exact) mass is 464 g/mol. The Morgan fingerprint density at radius 3 is 2.73 bits per heavy atom. The first-order chi connectivity index (χ1) is 16.0. The van der Waals surface area contributed by atoms with Crippen molar-refractivity contribution in [3.05, 3.63) is 68.8 Å². The van der Waals surface area contributed by atoms with E-state index in [9.17, 15) is 14.4 Å². The fraction of sp³-hybridized carbons (Fsp3) is 0.261. The zero-order chi connectivity index (χ0) is 23.1. The Labute approximate surface area is 192 Å². The van der Waals surface area contributed by atoms with Gasteiger partial charge in [-0.1, -0.05) is 22.9 Å². The summed E-state index contributed by atoms with van der Waals surface area (Å²) in [7, 11) is 0. The lowest BCUT2D eigenvalue weighted by molar-refractivity contribution is 0.0520. The molecule has 168 valence electrons. The molecule has 4 aromatic rings. The molecule has 0 atom stereocenters. The van der Waals surface area contributed by atoms with Gasteiger partial charge in [-0.25, -0.2) is 4.79 Å². The third-order valence-corrected chi connectivity index (χ3v) is 6.26. The number of nitrogens with one attached hydrogen (secondary N) is 1. The van der Waals surface area contributed by atoms with Crippen molar-refractivity contribution >= 4 is 39.0 Å². The summed E-state index contributed by atoms with van der Waals surface area (Å²) in [4.78, 5) is 38.8. The standard InChI is InChI=1S/C23H20N4O5S/c1-3-31-23(30)19-15-11-33-21(24-20(28)16-10-17(32-26-16)13-6-7-13)18(15)22(29)27(25-19)14-8-4-12(2)5-9-14/h4-5,8-11,13H,3,6-7H2,1-2H3,(H,24,28). The molecule has 9 nitrogen and oxygen atoms in total. The minimum absolute atomic E-state index is 0.00114. The number of fused-ring (bicyclic) bond motifs is 1. The predicted octanol–water partition coefficient (Wildman–Crippen LogP) is 4.05. The molecule has 5 rings (SSSR count). The molecule has 0 saturated heterocycles. The summed E-state index contributed by atoms with van der Waals surface area (Å²) in [5.41, 5.74) is 1.18. The van der Waals surface area contributed by atoms with Crippen LogP contribution in [0.25, 0.3) is 16.5 Å². The van der Waals surface area contributed by atoms with E-state index in [1.54, 1.807) is 30.5 Å². The van der Waals surface area contributed by atoms with Crippen molar-refractivity contribution in [1.29, 1.82) is 0 Å². The van der Waals surface area contributed by atoms with Gasteiger partial charge in [0.05, 0.1) is 17.7 Å². The third kappa shape index (κ3) is 3.93. The largest absolute Gasteiger partial charge is 0.461 e. The normalized spacial score (nSPS) is 13.3. The van der Waals surface area contributed by atoms with Gasteiger partial charge in [0.2, 0.25) is 0 Å². The molecule has 0 radical (unpaired) electrons. The second kappa shape index (κ2) is 8.28. The first-order valence-electron chi connectivity index (χ1n) is 10.5. The van der Waals surface area contributed by atoms with Crippen molar-refractivity contribution in [3.63, 3.8) is 0 Å². The number of hydrogen-bond donors (Lipinski definition) is 1. The second-order valence-corrected chi connectivity index (χ2v) is 8.70. The van der Waals surface area contributed by atoms with E-state index < -0.39 is 17.4 Å². The number of ether oxygens (including phenoxy) is 1. The van der Waals surface area contributed by atoms with E-state index in [4.69, 9.17) is 9.26 Å². The van der Waals surface area contributed by atoms with Crippen LogP contribution in [0.5, 0.6) is 0 Å². The number of amides is 1. The lowest BCUT2D eigenvalue weighted by Crippen LogP contribution is -2.25. The van der Waals surface area contributed by atoms with Crippen LogP contribution >= 0.6 is 11.3 Å². The van der Waals surface area contributed by atoms with Gasteiger partial charge in [0, 0.05) is 22.8 Å². The lowest BCUT2D eigenvalue weighted by Gasteiger charge is -2.10. The predicted molar refractivity (Wildman–Crippen MR) is 122 cm³/mol. The molecule has 1 fully saturated rings. The molecular formula is C23H20N4O5S. The van der Waals surface area contributed by atoms with Crippen LogP contribution in [-0.2, 0) is 4.74 Å².